The van der Waals surface area contributed by atoms with Crippen molar-refractivity contribution >= 4 is 23.5 Å². The molecule has 0 radical (unpaired) electrons. The summed E-state index contributed by atoms with van der Waals surface area (Å²) in [5.74, 6) is 3.84. The van der Waals surface area contributed by atoms with Crippen LogP contribution in [0.25, 0.3) is 0 Å². The van der Waals surface area contributed by atoms with Crippen LogP contribution in [0.15, 0.2) is 12.1 Å². The first-order chi connectivity index (χ1) is 8.60. The molecule has 0 aromatic carbocycles. The van der Waals surface area contributed by atoms with E-state index in [9.17, 15) is 14.4 Å². The van der Waals surface area contributed by atoms with Crippen LogP contribution in [0.5, 0.6) is 0 Å². The highest BCUT2D eigenvalue weighted by atomic mass is 16.2. The van der Waals surface area contributed by atoms with E-state index < -0.39 is 17.7 Å². The number of hydrogen-bond donors (Lipinski definition) is 3. The third-order valence-corrected chi connectivity index (χ3v) is 2.27. The van der Waals surface area contributed by atoms with E-state index >= 15 is 0 Å². The maximum atomic E-state index is 11.9. The highest BCUT2D eigenvalue weighted by Crippen LogP contribution is 2.05. The molecule has 0 unspecified atom stereocenters. The first kappa shape index (κ1) is 11.9. The van der Waals surface area contributed by atoms with Gasteiger partial charge in [-0.1, -0.05) is 0 Å². The van der Waals surface area contributed by atoms with Gasteiger partial charge < -0.3 is 10.3 Å². The minimum atomic E-state index is -0.533. The van der Waals surface area contributed by atoms with Gasteiger partial charge in [-0.05, 0) is 12.1 Å². The second kappa shape index (κ2) is 4.75. The molecule has 4 N–H and O–H groups in total. The van der Waals surface area contributed by atoms with Gasteiger partial charge >= 0.3 is 0 Å². The van der Waals surface area contributed by atoms with Gasteiger partial charge in [0.1, 0.15) is 13.1 Å². The monoisotopic (exact) mass is 250 g/mol. The molecule has 18 heavy (non-hydrogen) atoms. The Balaban J connectivity index is 2.14. The first-order valence-corrected chi connectivity index (χ1v) is 5.02. The predicted molar refractivity (Wildman–Crippen MR) is 58.9 cm³/mol. The Morgan fingerprint density at radius 2 is 1.94 bits per heavy atom. The van der Waals surface area contributed by atoms with Crippen molar-refractivity contribution in [1.29, 1.82) is 0 Å². The molecule has 1 fully saturated rings. The lowest BCUT2D eigenvalue weighted by Crippen LogP contribution is -2.53. The third kappa shape index (κ3) is 2.40. The summed E-state index contributed by atoms with van der Waals surface area (Å²) in [7, 11) is 0. The minimum Gasteiger partial charge on any atom is -0.319 e. The lowest BCUT2D eigenvalue weighted by atomic mass is 10.3. The predicted octanol–water partition coefficient (Wildman–Crippen LogP) is -2.14. The standard InChI is InChI=1S/C9H10N6O3/c10-12-6-2-1-5(13-14-6)9(18)15-3-7(16)11-8(17)4-15/h1-2H,3-4,10H2,(H,12,14)(H,11,16,17). The number of hydrazine groups is 1. The number of anilines is 1. The summed E-state index contributed by atoms with van der Waals surface area (Å²) < 4.78 is 0. The van der Waals surface area contributed by atoms with Gasteiger partial charge in [-0.15, -0.1) is 10.2 Å². The molecule has 1 saturated heterocycles. The van der Waals surface area contributed by atoms with Crippen LogP contribution in [-0.2, 0) is 9.59 Å². The van der Waals surface area contributed by atoms with E-state index in [0.717, 1.165) is 4.90 Å². The van der Waals surface area contributed by atoms with Crippen LogP contribution in [0.1, 0.15) is 10.5 Å². The fourth-order valence-corrected chi connectivity index (χ4v) is 1.47. The zero-order chi connectivity index (χ0) is 13.1. The fourth-order valence-electron chi connectivity index (χ4n) is 1.47. The van der Waals surface area contributed by atoms with E-state index in [1.807, 2.05) is 0 Å². The Bertz CT molecular complexity index is 484. The molecule has 1 aliphatic rings. The van der Waals surface area contributed by atoms with E-state index in [4.69, 9.17) is 5.84 Å². The lowest BCUT2D eigenvalue weighted by molar-refractivity contribution is -0.135. The molecule has 9 heteroatoms. The summed E-state index contributed by atoms with van der Waals surface area (Å²) in [5, 5.41) is 9.38. The van der Waals surface area contributed by atoms with Crippen molar-refractivity contribution in [2.45, 2.75) is 0 Å². The number of nitrogens with two attached hydrogens (primary N) is 1. The number of carbonyl (C=O) groups is 3. The van der Waals surface area contributed by atoms with E-state index in [2.05, 4.69) is 20.9 Å². The number of rotatable bonds is 2. The summed E-state index contributed by atoms with van der Waals surface area (Å²) in [6.45, 7) is -0.355. The highest BCUT2D eigenvalue weighted by molar-refractivity contribution is 6.05. The largest absolute Gasteiger partial charge is 0.319 e. The zero-order valence-corrected chi connectivity index (χ0v) is 9.21. The Labute approximate surface area is 101 Å². The normalized spacial score (nSPS) is 15.3. The molecule has 0 saturated carbocycles. The van der Waals surface area contributed by atoms with Crippen LogP contribution in [-0.4, -0.2) is 45.9 Å². The van der Waals surface area contributed by atoms with Gasteiger partial charge in [-0.25, -0.2) is 5.84 Å². The van der Waals surface area contributed by atoms with Crippen molar-refractivity contribution in [3.05, 3.63) is 17.8 Å². The second-order valence-corrected chi connectivity index (χ2v) is 3.58. The van der Waals surface area contributed by atoms with Crippen LogP contribution in [0.4, 0.5) is 5.82 Å². The molecule has 3 amide bonds. The Hall–Kier alpha value is -2.55. The molecular weight excluding hydrogens is 240 g/mol. The van der Waals surface area contributed by atoms with E-state index in [1.165, 1.54) is 12.1 Å². The Morgan fingerprint density at radius 3 is 2.44 bits per heavy atom. The van der Waals surface area contributed by atoms with Gasteiger partial charge in [0.2, 0.25) is 11.8 Å². The number of nitrogens with zero attached hydrogens (tertiary/aromatic N) is 3. The van der Waals surface area contributed by atoms with Crippen molar-refractivity contribution in [3.63, 3.8) is 0 Å². The molecule has 0 aliphatic carbocycles. The quantitative estimate of drug-likeness (QED) is 0.310. The van der Waals surface area contributed by atoms with E-state index in [0.29, 0.717) is 5.82 Å². The van der Waals surface area contributed by atoms with Crippen LogP contribution >= 0.6 is 0 Å². The number of hydrogen-bond acceptors (Lipinski definition) is 7. The highest BCUT2D eigenvalue weighted by Gasteiger charge is 2.27. The maximum Gasteiger partial charge on any atom is 0.275 e. The van der Waals surface area contributed by atoms with Crippen molar-refractivity contribution < 1.29 is 14.4 Å². The molecule has 94 valence electrons. The molecule has 1 aromatic rings. The zero-order valence-electron chi connectivity index (χ0n) is 9.21. The SMILES string of the molecule is NNc1ccc(C(=O)N2CC(=O)NC(=O)C2)nn1. The van der Waals surface area contributed by atoms with E-state index in [1.54, 1.807) is 0 Å². The Morgan fingerprint density at radius 1 is 1.28 bits per heavy atom. The third-order valence-electron chi connectivity index (χ3n) is 2.27. The topological polar surface area (TPSA) is 130 Å². The van der Waals surface area contributed by atoms with Crippen LogP contribution in [0, 0.1) is 0 Å². The molecule has 1 aliphatic heterocycles. The Kier molecular flexibility index (Phi) is 3.15. The summed E-state index contributed by atoms with van der Waals surface area (Å²) in [6.07, 6.45) is 0. The molecule has 0 spiro atoms. The van der Waals surface area contributed by atoms with E-state index in [-0.39, 0.29) is 18.8 Å². The number of amides is 3. The van der Waals surface area contributed by atoms with Gasteiger partial charge in [-0.3, -0.25) is 19.7 Å². The van der Waals surface area contributed by atoms with Crippen LogP contribution in [0.3, 0.4) is 0 Å². The smallest absolute Gasteiger partial charge is 0.275 e. The molecular formula is C9H10N6O3. The second-order valence-electron chi connectivity index (χ2n) is 3.58. The lowest BCUT2D eigenvalue weighted by Gasteiger charge is -2.24. The summed E-state index contributed by atoms with van der Waals surface area (Å²) in [6, 6.07) is 2.87. The maximum absolute atomic E-state index is 11.9. The number of imide groups is 1. The fraction of sp³-hybridized carbons (Fsp3) is 0.222. The van der Waals surface area contributed by atoms with Crippen molar-refractivity contribution in [2.24, 2.45) is 5.84 Å². The number of piperazine rings is 1. The molecule has 2 rings (SSSR count). The number of nitrogen functional groups attached to an aromatic ring is 1. The number of aromatic nitrogens is 2. The van der Waals surface area contributed by atoms with Gasteiger partial charge in [0.15, 0.2) is 11.5 Å². The molecule has 0 atom stereocenters. The van der Waals surface area contributed by atoms with Crippen LogP contribution in [0.2, 0.25) is 0 Å². The molecule has 2 heterocycles. The summed E-state index contributed by atoms with van der Waals surface area (Å²) >= 11 is 0. The van der Waals surface area contributed by atoms with Crippen molar-refractivity contribution in [2.75, 3.05) is 18.5 Å². The summed E-state index contributed by atoms with van der Waals surface area (Å²) in [5.41, 5.74) is 2.31. The molecule has 0 bridgehead atoms. The number of carbonyl (C=O) groups excluding carboxylic acids is 3. The minimum absolute atomic E-state index is 0.0384. The van der Waals surface area contributed by atoms with Gasteiger partial charge in [0.05, 0.1) is 0 Å². The average molecular weight is 250 g/mol. The summed E-state index contributed by atoms with van der Waals surface area (Å²) in [4.78, 5) is 35.3. The van der Waals surface area contributed by atoms with Gasteiger partial charge in [0, 0.05) is 0 Å². The average Bonchev–Trinajstić information content (AvgIpc) is 2.37. The van der Waals surface area contributed by atoms with Crippen molar-refractivity contribution in [3.8, 4) is 0 Å². The van der Waals surface area contributed by atoms with Crippen LogP contribution < -0.4 is 16.6 Å². The molecule has 1 aromatic heterocycles. The van der Waals surface area contributed by atoms with Gasteiger partial charge in [0.25, 0.3) is 5.91 Å². The van der Waals surface area contributed by atoms with Crippen molar-refractivity contribution in [1.82, 2.24) is 20.4 Å². The number of nitrogens with one attached hydrogen (secondary N) is 2. The van der Waals surface area contributed by atoms with Gasteiger partial charge in [-0.2, -0.15) is 0 Å². The first-order valence-electron chi connectivity index (χ1n) is 5.02. The molecule has 9 nitrogen and oxygen atoms in total.